The van der Waals surface area contributed by atoms with Crippen molar-refractivity contribution in [2.45, 2.75) is 62.2 Å². The van der Waals surface area contributed by atoms with Gasteiger partial charge in [-0.3, -0.25) is 4.79 Å². The number of carbonyl (C=O) groups excluding carboxylic acids is 2. The van der Waals surface area contributed by atoms with Crippen LogP contribution in [0.5, 0.6) is 0 Å². The van der Waals surface area contributed by atoms with Crippen molar-refractivity contribution in [3.63, 3.8) is 0 Å². The zero-order valence-corrected chi connectivity index (χ0v) is 26.9. The number of nitrogens with one attached hydrogen (secondary N) is 1. The molecule has 3 aromatic carbocycles. The smallest absolute Gasteiger partial charge is 0.416 e. The van der Waals surface area contributed by atoms with Gasteiger partial charge in [-0.1, -0.05) is 50.2 Å². The van der Waals surface area contributed by atoms with Crippen molar-refractivity contribution in [3.05, 3.63) is 101 Å². The number of hydrogen-bond acceptors (Lipinski definition) is 6. The predicted octanol–water partition coefficient (Wildman–Crippen LogP) is 6.33. The second-order valence-electron chi connectivity index (χ2n) is 11.7. The van der Waals surface area contributed by atoms with Gasteiger partial charge in [0, 0.05) is 30.0 Å². The number of aliphatic hydroxyl groups excluding tert-OH is 1. The van der Waals surface area contributed by atoms with Gasteiger partial charge in [-0.15, -0.1) is 0 Å². The molecule has 0 saturated carbocycles. The van der Waals surface area contributed by atoms with Crippen LogP contribution < -0.4 is 5.32 Å². The maximum absolute atomic E-state index is 13.2. The molecule has 0 aromatic heterocycles. The van der Waals surface area contributed by atoms with Crippen molar-refractivity contribution in [2.75, 3.05) is 26.0 Å². The summed E-state index contributed by atoms with van der Waals surface area (Å²) in [6.07, 6.45) is -4.52. The molecule has 0 radical (unpaired) electrons. The van der Waals surface area contributed by atoms with Gasteiger partial charge in [0.25, 0.3) is 5.91 Å². The van der Waals surface area contributed by atoms with E-state index < -0.39 is 33.7 Å². The number of alkyl halides is 3. The Morgan fingerprint density at radius 1 is 0.978 bits per heavy atom. The minimum absolute atomic E-state index is 0.0103. The van der Waals surface area contributed by atoms with Crippen LogP contribution in [0.25, 0.3) is 0 Å². The van der Waals surface area contributed by atoms with E-state index in [-0.39, 0.29) is 53.5 Å². The van der Waals surface area contributed by atoms with Crippen LogP contribution in [0.15, 0.2) is 77.7 Å². The SMILES string of the molecule is CCS(=O)(=O)c1ccc([C@H](CO)C(C)C(C)NC(=O)c2ccc(C3CC(c4ccc(C(F)(F)F)cc4)CN3C(=O)OC)cc2)cc1. The molecule has 1 saturated heterocycles. The number of halogens is 3. The Balaban J connectivity index is 1.44. The zero-order valence-electron chi connectivity index (χ0n) is 26.1. The molecule has 2 amide bonds. The molecule has 1 aliphatic heterocycles. The van der Waals surface area contributed by atoms with Gasteiger partial charge in [-0.25, -0.2) is 13.2 Å². The first-order valence-corrected chi connectivity index (χ1v) is 16.7. The molecule has 0 aliphatic carbocycles. The summed E-state index contributed by atoms with van der Waals surface area (Å²) in [6.45, 7) is 5.39. The molecule has 4 rings (SSSR count). The minimum atomic E-state index is -4.44. The van der Waals surface area contributed by atoms with E-state index in [2.05, 4.69) is 5.32 Å². The molecule has 0 bridgehead atoms. The number of ether oxygens (including phenoxy) is 1. The van der Waals surface area contributed by atoms with Crippen LogP contribution in [0.4, 0.5) is 18.0 Å². The van der Waals surface area contributed by atoms with Crippen molar-refractivity contribution < 1.29 is 41.0 Å². The van der Waals surface area contributed by atoms with E-state index in [0.717, 1.165) is 23.3 Å². The summed E-state index contributed by atoms with van der Waals surface area (Å²) in [6, 6.07) is 17.5. The first-order valence-electron chi connectivity index (χ1n) is 15.1. The average molecular weight is 661 g/mol. The molecule has 4 unspecified atom stereocenters. The summed E-state index contributed by atoms with van der Waals surface area (Å²) < 4.78 is 68.4. The number of nitrogens with zero attached hydrogens (tertiary/aromatic N) is 1. The molecule has 248 valence electrons. The van der Waals surface area contributed by atoms with E-state index in [1.165, 1.54) is 31.4 Å². The lowest BCUT2D eigenvalue weighted by Crippen LogP contribution is -2.40. The van der Waals surface area contributed by atoms with Crippen molar-refractivity contribution in [1.29, 1.82) is 0 Å². The second-order valence-corrected chi connectivity index (χ2v) is 14.0. The highest BCUT2D eigenvalue weighted by molar-refractivity contribution is 7.91. The van der Waals surface area contributed by atoms with E-state index >= 15 is 0 Å². The molecule has 2 N–H and O–H groups in total. The number of benzene rings is 3. The highest BCUT2D eigenvalue weighted by Crippen LogP contribution is 2.41. The molecule has 1 aliphatic rings. The van der Waals surface area contributed by atoms with Gasteiger partial charge in [-0.05, 0) is 72.4 Å². The molecule has 12 heteroatoms. The molecule has 8 nitrogen and oxygen atoms in total. The third-order valence-corrected chi connectivity index (χ3v) is 10.8. The van der Waals surface area contributed by atoms with Crippen LogP contribution >= 0.6 is 0 Å². The fraction of sp³-hybridized carbons (Fsp3) is 0.412. The maximum Gasteiger partial charge on any atom is 0.416 e. The Labute approximate surface area is 267 Å². The van der Waals surface area contributed by atoms with Crippen molar-refractivity contribution in [2.24, 2.45) is 5.92 Å². The highest BCUT2D eigenvalue weighted by Gasteiger charge is 2.38. The number of methoxy groups -OCH3 is 1. The summed E-state index contributed by atoms with van der Waals surface area (Å²) in [4.78, 5) is 27.6. The molecule has 0 spiro atoms. The van der Waals surface area contributed by atoms with Crippen molar-refractivity contribution in [1.82, 2.24) is 10.2 Å². The number of rotatable bonds is 10. The molecule has 1 fully saturated rings. The molecular formula is C34H39F3N2O6S. The number of sulfone groups is 1. The van der Waals surface area contributed by atoms with Crippen LogP contribution in [-0.4, -0.2) is 62.5 Å². The van der Waals surface area contributed by atoms with Gasteiger partial charge in [0.1, 0.15) is 0 Å². The monoisotopic (exact) mass is 660 g/mol. The summed E-state index contributed by atoms with van der Waals surface area (Å²) in [5, 5.41) is 13.1. The van der Waals surface area contributed by atoms with E-state index in [1.807, 2.05) is 13.8 Å². The molecular weight excluding hydrogens is 621 g/mol. The molecule has 5 atom stereocenters. The number of carbonyl (C=O) groups is 2. The standard InChI is InChI=1S/C34H39F3N2O6S/c1-5-46(43,44)29-16-12-24(13-17-29)30(20-40)21(2)22(3)38-32(41)26-8-6-25(7-9-26)31-18-27(19-39(31)33(42)45-4)23-10-14-28(15-11-23)34(35,36)37/h6-17,21-22,27,30-31,40H,5,18-20H2,1-4H3,(H,38,41)/t21?,22?,27?,30-,31?/m1/s1. The summed E-state index contributed by atoms with van der Waals surface area (Å²) >= 11 is 0. The lowest BCUT2D eigenvalue weighted by molar-refractivity contribution is -0.137. The summed E-state index contributed by atoms with van der Waals surface area (Å²) in [5.41, 5.74) is 1.85. The number of likely N-dealkylation sites (tertiary alicyclic amines) is 1. The molecule has 46 heavy (non-hydrogen) atoms. The van der Waals surface area contributed by atoms with E-state index in [4.69, 9.17) is 4.74 Å². The van der Waals surface area contributed by atoms with Gasteiger partial charge in [0.15, 0.2) is 9.84 Å². The van der Waals surface area contributed by atoms with E-state index in [0.29, 0.717) is 17.5 Å². The first kappa shape index (κ1) is 35.0. The number of aliphatic hydroxyl groups is 1. The van der Waals surface area contributed by atoms with E-state index in [1.54, 1.807) is 48.2 Å². The fourth-order valence-electron chi connectivity index (χ4n) is 5.95. The highest BCUT2D eigenvalue weighted by atomic mass is 32.2. The Kier molecular flexibility index (Phi) is 10.8. The lowest BCUT2D eigenvalue weighted by Gasteiger charge is -2.29. The predicted molar refractivity (Wildman–Crippen MR) is 167 cm³/mol. The third kappa shape index (κ3) is 7.72. The third-order valence-electron chi connectivity index (χ3n) is 9.00. The Hall–Kier alpha value is -3.90. The van der Waals surface area contributed by atoms with Crippen LogP contribution in [0.1, 0.15) is 77.7 Å². The minimum Gasteiger partial charge on any atom is -0.453 e. The fourth-order valence-corrected chi connectivity index (χ4v) is 6.83. The summed E-state index contributed by atoms with van der Waals surface area (Å²) in [5.74, 6) is -1.09. The maximum atomic E-state index is 13.2. The number of hydrogen-bond donors (Lipinski definition) is 2. The van der Waals surface area contributed by atoms with Gasteiger partial charge in [-0.2, -0.15) is 13.2 Å². The van der Waals surface area contributed by atoms with Crippen molar-refractivity contribution >= 4 is 21.8 Å². The van der Waals surface area contributed by atoms with Crippen LogP contribution in [0.2, 0.25) is 0 Å². The quantitative estimate of drug-likeness (QED) is 0.263. The molecule has 1 heterocycles. The average Bonchev–Trinajstić information content (AvgIpc) is 3.50. The number of amides is 2. The lowest BCUT2D eigenvalue weighted by atomic mass is 9.83. The van der Waals surface area contributed by atoms with Crippen LogP contribution in [0, 0.1) is 5.92 Å². The van der Waals surface area contributed by atoms with Gasteiger partial charge >= 0.3 is 12.3 Å². The van der Waals surface area contributed by atoms with Crippen molar-refractivity contribution in [3.8, 4) is 0 Å². The molecule has 3 aromatic rings. The normalized spacial score (nSPS) is 18.9. The second kappa shape index (κ2) is 14.3. The Bertz CT molecular complexity index is 1610. The van der Waals surface area contributed by atoms with Gasteiger partial charge in [0.05, 0.1) is 36.0 Å². The first-order chi connectivity index (χ1) is 21.7. The van der Waals surface area contributed by atoms with Crippen LogP contribution in [-0.2, 0) is 20.8 Å². The largest absolute Gasteiger partial charge is 0.453 e. The summed E-state index contributed by atoms with van der Waals surface area (Å²) in [7, 11) is -2.08. The Morgan fingerprint density at radius 3 is 2.09 bits per heavy atom. The van der Waals surface area contributed by atoms with Gasteiger partial charge < -0.3 is 20.1 Å². The van der Waals surface area contributed by atoms with Gasteiger partial charge in [0.2, 0.25) is 0 Å². The zero-order chi connectivity index (χ0) is 33.8. The van der Waals surface area contributed by atoms with E-state index in [9.17, 15) is 36.3 Å². The Morgan fingerprint density at radius 2 is 1.57 bits per heavy atom. The topological polar surface area (TPSA) is 113 Å². The van der Waals surface area contributed by atoms with Crippen LogP contribution in [0.3, 0.4) is 0 Å².